The molecule has 2 N–H and O–H groups in total. The van der Waals surface area contributed by atoms with Gasteiger partial charge in [-0.2, -0.15) is 0 Å². The number of aliphatic hydroxyl groups is 1. The number of rotatable bonds is 7. The van der Waals surface area contributed by atoms with Crippen molar-refractivity contribution >= 4 is 0 Å². The van der Waals surface area contributed by atoms with Crippen molar-refractivity contribution in [2.75, 3.05) is 13.2 Å². The molecule has 0 heterocycles. The molecule has 1 aromatic carbocycles. The van der Waals surface area contributed by atoms with Crippen LogP contribution in [-0.2, 0) is 0 Å². The summed E-state index contributed by atoms with van der Waals surface area (Å²) in [6, 6.07) is 8.62. The Morgan fingerprint density at radius 3 is 2.72 bits per heavy atom. The second-order valence-electron chi connectivity index (χ2n) is 5.50. The largest absolute Gasteiger partial charge is 0.493 e. The number of benzene rings is 1. The van der Waals surface area contributed by atoms with E-state index in [4.69, 9.17) is 4.74 Å². The van der Waals surface area contributed by atoms with Gasteiger partial charge < -0.3 is 15.2 Å². The van der Waals surface area contributed by atoms with Gasteiger partial charge in [0.05, 0.1) is 13.2 Å². The lowest BCUT2D eigenvalue weighted by molar-refractivity contribution is 0.142. The third kappa shape index (κ3) is 3.72. The number of aliphatic hydroxyl groups excluding tert-OH is 1. The summed E-state index contributed by atoms with van der Waals surface area (Å²) < 4.78 is 5.79. The summed E-state index contributed by atoms with van der Waals surface area (Å²) in [6.45, 7) is 4.89. The van der Waals surface area contributed by atoms with E-state index in [1.165, 1.54) is 12.8 Å². The number of ether oxygens (including phenoxy) is 1. The summed E-state index contributed by atoms with van der Waals surface area (Å²) in [6.07, 6.45) is 3.27. The first-order chi connectivity index (χ1) is 8.63. The van der Waals surface area contributed by atoms with Crippen LogP contribution in [0.1, 0.15) is 31.7 Å². The minimum atomic E-state index is -0.218. The van der Waals surface area contributed by atoms with E-state index in [2.05, 4.69) is 12.2 Å². The number of aryl methyl sites for hydroxylation is 1. The van der Waals surface area contributed by atoms with Gasteiger partial charge in [-0.25, -0.2) is 0 Å². The van der Waals surface area contributed by atoms with E-state index in [0.717, 1.165) is 17.7 Å². The molecule has 2 rings (SSSR count). The van der Waals surface area contributed by atoms with Crippen LogP contribution in [0.15, 0.2) is 24.3 Å². The fraction of sp³-hybridized carbons (Fsp3) is 0.600. The zero-order valence-corrected chi connectivity index (χ0v) is 11.3. The van der Waals surface area contributed by atoms with E-state index in [1.807, 2.05) is 31.2 Å². The highest BCUT2D eigenvalue weighted by Crippen LogP contribution is 2.24. The molecule has 1 saturated carbocycles. The molecule has 0 aliphatic heterocycles. The number of nitrogens with one attached hydrogen (secondary N) is 1. The standard InChI is InChI=1S/C15H23NO2/c1-12-5-3-4-6-14(12)18-10-9-15(2,11-17)16-13-7-8-13/h3-6,13,16-17H,7-11H2,1-2H3. The first-order valence-corrected chi connectivity index (χ1v) is 6.70. The van der Waals surface area contributed by atoms with Gasteiger partial charge in [0.1, 0.15) is 5.75 Å². The molecular formula is C15H23NO2. The van der Waals surface area contributed by atoms with Crippen LogP contribution < -0.4 is 10.1 Å². The Balaban J connectivity index is 1.81. The molecule has 0 aromatic heterocycles. The molecule has 0 amide bonds. The van der Waals surface area contributed by atoms with Gasteiger partial charge in [0.15, 0.2) is 0 Å². The predicted molar refractivity (Wildman–Crippen MR) is 72.9 cm³/mol. The lowest BCUT2D eigenvalue weighted by Crippen LogP contribution is -2.48. The monoisotopic (exact) mass is 249 g/mol. The molecule has 0 saturated heterocycles. The zero-order chi connectivity index (χ0) is 13.0. The maximum absolute atomic E-state index is 9.50. The van der Waals surface area contributed by atoms with E-state index in [9.17, 15) is 5.11 Å². The molecule has 0 bridgehead atoms. The van der Waals surface area contributed by atoms with Crippen molar-refractivity contribution in [2.24, 2.45) is 0 Å². The molecule has 1 aromatic rings. The van der Waals surface area contributed by atoms with Gasteiger partial charge in [-0.15, -0.1) is 0 Å². The van der Waals surface area contributed by atoms with Crippen LogP contribution in [0, 0.1) is 6.92 Å². The quantitative estimate of drug-likeness (QED) is 0.779. The lowest BCUT2D eigenvalue weighted by Gasteiger charge is -2.29. The fourth-order valence-electron chi connectivity index (χ4n) is 2.02. The Morgan fingerprint density at radius 2 is 2.11 bits per heavy atom. The summed E-state index contributed by atoms with van der Waals surface area (Å²) in [5, 5.41) is 13.0. The van der Waals surface area contributed by atoms with Gasteiger partial charge >= 0.3 is 0 Å². The van der Waals surface area contributed by atoms with Gasteiger partial charge in [-0.05, 0) is 38.3 Å². The average Bonchev–Trinajstić information content (AvgIpc) is 3.15. The second kappa shape index (κ2) is 5.72. The minimum absolute atomic E-state index is 0.153. The minimum Gasteiger partial charge on any atom is -0.493 e. The first-order valence-electron chi connectivity index (χ1n) is 6.70. The van der Waals surface area contributed by atoms with Crippen LogP contribution in [0.5, 0.6) is 5.75 Å². The summed E-state index contributed by atoms with van der Waals surface area (Å²) in [4.78, 5) is 0. The Hall–Kier alpha value is -1.06. The summed E-state index contributed by atoms with van der Waals surface area (Å²) >= 11 is 0. The van der Waals surface area contributed by atoms with Crippen molar-refractivity contribution in [3.05, 3.63) is 29.8 Å². The van der Waals surface area contributed by atoms with Crippen molar-refractivity contribution in [1.29, 1.82) is 0 Å². The second-order valence-corrected chi connectivity index (χ2v) is 5.50. The zero-order valence-electron chi connectivity index (χ0n) is 11.3. The van der Waals surface area contributed by atoms with Crippen molar-refractivity contribution in [2.45, 2.75) is 44.7 Å². The molecule has 1 atom stereocenters. The molecule has 0 radical (unpaired) electrons. The van der Waals surface area contributed by atoms with Crippen LogP contribution in [0.4, 0.5) is 0 Å². The topological polar surface area (TPSA) is 41.5 Å². The maximum Gasteiger partial charge on any atom is 0.122 e. The van der Waals surface area contributed by atoms with Crippen molar-refractivity contribution < 1.29 is 9.84 Å². The van der Waals surface area contributed by atoms with E-state index in [0.29, 0.717) is 12.6 Å². The molecule has 3 nitrogen and oxygen atoms in total. The fourth-order valence-corrected chi connectivity index (χ4v) is 2.02. The van der Waals surface area contributed by atoms with E-state index in [-0.39, 0.29) is 12.1 Å². The first kappa shape index (κ1) is 13.4. The molecule has 18 heavy (non-hydrogen) atoms. The van der Waals surface area contributed by atoms with Crippen molar-refractivity contribution in [3.63, 3.8) is 0 Å². The molecule has 0 spiro atoms. The Morgan fingerprint density at radius 1 is 1.39 bits per heavy atom. The highest BCUT2D eigenvalue weighted by Gasteiger charge is 2.31. The van der Waals surface area contributed by atoms with Gasteiger partial charge in [0.2, 0.25) is 0 Å². The van der Waals surface area contributed by atoms with Crippen LogP contribution in [0.25, 0.3) is 0 Å². The number of para-hydroxylation sites is 1. The molecular weight excluding hydrogens is 226 g/mol. The van der Waals surface area contributed by atoms with Gasteiger partial charge in [-0.1, -0.05) is 18.2 Å². The average molecular weight is 249 g/mol. The number of hydrogen-bond acceptors (Lipinski definition) is 3. The highest BCUT2D eigenvalue weighted by molar-refractivity contribution is 5.31. The Labute approximate surface area is 109 Å². The Kier molecular flexibility index (Phi) is 4.25. The van der Waals surface area contributed by atoms with E-state index in [1.54, 1.807) is 0 Å². The summed E-state index contributed by atoms with van der Waals surface area (Å²) in [5.74, 6) is 0.934. The third-order valence-electron chi connectivity index (χ3n) is 3.48. The SMILES string of the molecule is Cc1ccccc1OCCC(C)(CO)NC1CC1. The predicted octanol–water partition coefficient (Wildman–Crippen LogP) is 2.27. The summed E-state index contributed by atoms with van der Waals surface area (Å²) in [7, 11) is 0. The van der Waals surface area contributed by atoms with E-state index >= 15 is 0 Å². The van der Waals surface area contributed by atoms with E-state index < -0.39 is 0 Å². The Bertz CT molecular complexity index is 390. The molecule has 1 aliphatic rings. The highest BCUT2D eigenvalue weighted by atomic mass is 16.5. The van der Waals surface area contributed by atoms with Crippen LogP contribution in [0.3, 0.4) is 0 Å². The molecule has 100 valence electrons. The van der Waals surface area contributed by atoms with Gasteiger partial charge in [-0.3, -0.25) is 0 Å². The lowest BCUT2D eigenvalue weighted by atomic mass is 9.99. The molecule has 1 unspecified atom stereocenters. The van der Waals surface area contributed by atoms with Crippen molar-refractivity contribution in [1.82, 2.24) is 5.32 Å². The molecule has 1 fully saturated rings. The van der Waals surface area contributed by atoms with Crippen molar-refractivity contribution in [3.8, 4) is 5.75 Å². The molecule has 1 aliphatic carbocycles. The van der Waals surface area contributed by atoms with Crippen LogP contribution in [-0.4, -0.2) is 29.9 Å². The molecule has 3 heteroatoms. The third-order valence-corrected chi connectivity index (χ3v) is 3.48. The van der Waals surface area contributed by atoms with Gasteiger partial charge in [0, 0.05) is 18.0 Å². The van der Waals surface area contributed by atoms with Gasteiger partial charge in [0.25, 0.3) is 0 Å². The normalized spacial score (nSPS) is 18.4. The smallest absolute Gasteiger partial charge is 0.122 e. The van der Waals surface area contributed by atoms with Crippen LogP contribution >= 0.6 is 0 Å². The maximum atomic E-state index is 9.50. The van der Waals surface area contributed by atoms with Crippen LogP contribution in [0.2, 0.25) is 0 Å². The summed E-state index contributed by atoms with van der Waals surface area (Å²) in [5.41, 5.74) is 0.933. The number of hydrogen-bond donors (Lipinski definition) is 2.